The predicted octanol–water partition coefficient (Wildman–Crippen LogP) is -1.28. The molecule has 7 heteroatoms. The van der Waals surface area contributed by atoms with Gasteiger partial charge in [0.25, 0.3) is 0 Å². The zero-order valence-electron chi connectivity index (χ0n) is 8.34. The number of carboxylic acid groups (broad SMARTS) is 2. The van der Waals surface area contributed by atoms with Crippen molar-refractivity contribution in [2.75, 3.05) is 13.1 Å². The van der Waals surface area contributed by atoms with Gasteiger partial charge in [-0.05, 0) is 6.42 Å². The maximum absolute atomic E-state index is 11.4. The molecule has 0 aliphatic heterocycles. The van der Waals surface area contributed by atoms with Crippen LogP contribution in [0.2, 0.25) is 0 Å². The second-order valence-corrected chi connectivity index (χ2v) is 3.00. The Hall–Kier alpha value is -1.63. The number of amides is 1. The average molecular weight is 218 g/mol. The highest BCUT2D eigenvalue weighted by atomic mass is 16.4. The fourth-order valence-electron chi connectivity index (χ4n) is 0.947. The van der Waals surface area contributed by atoms with Crippen molar-refractivity contribution in [2.24, 2.45) is 5.73 Å². The van der Waals surface area contributed by atoms with E-state index in [1.165, 1.54) is 0 Å². The van der Waals surface area contributed by atoms with Crippen LogP contribution in [0.1, 0.15) is 13.3 Å². The van der Waals surface area contributed by atoms with Crippen molar-refractivity contribution in [3.63, 3.8) is 0 Å². The van der Waals surface area contributed by atoms with Crippen molar-refractivity contribution in [3.8, 4) is 0 Å². The lowest BCUT2D eigenvalue weighted by molar-refractivity contribution is -0.149. The standard InChI is InChI=1S/C8H14N2O5/c1-2-5(9)8(15)10(3-6(11)12)4-7(13)14/h5H,2-4,9H2,1H3,(H,11,12)(H,13,14)/t5-/m0/s1. The third kappa shape index (κ3) is 4.96. The Morgan fingerprint density at radius 2 is 1.60 bits per heavy atom. The summed E-state index contributed by atoms with van der Waals surface area (Å²) in [6, 6.07) is -0.858. The van der Waals surface area contributed by atoms with Gasteiger partial charge in [-0.1, -0.05) is 6.92 Å². The maximum Gasteiger partial charge on any atom is 0.323 e. The number of nitrogens with two attached hydrogens (primary N) is 1. The van der Waals surface area contributed by atoms with Gasteiger partial charge in [0.1, 0.15) is 13.1 Å². The molecule has 4 N–H and O–H groups in total. The largest absolute Gasteiger partial charge is 0.480 e. The van der Waals surface area contributed by atoms with E-state index in [0.29, 0.717) is 11.3 Å². The van der Waals surface area contributed by atoms with Crippen molar-refractivity contribution in [1.82, 2.24) is 4.90 Å². The average Bonchev–Trinajstić information content (AvgIpc) is 2.13. The Labute approximate surface area is 86.5 Å². The van der Waals surface area contributed by atoms with Crippen LogP contribution in [0.4, 0.5) is 0 Å². The molecule has 0 heterocycles. The van der Waals surface area contributed by atoms with E-state index < -0.39 is 37.0 Å². The molecule has 0 spiro atoms. The van der Waals surface area contributed by atoms with Crippen LogP contribution in [0.15, 0.2) is 0 Å². The first-order valence-corrected chi connectivity index (χ1v) is 4.36. The number of carbonyl (C=O) groups is 3. The third-order valence-electron chi connectivity index (χ3n) is 1.72. The molecular weight excluding hydrogens is 204 g/mol. The summed E-state index contributed by atoms with van der Waals surface area (Å²) in [6.45, 7) is 0.347. The van der Waals surface area contributed by atoms with E-state index in [2.05, 4.69) is 0 Å². The van der Waals surface area contributed by atoms with Gasteiger partial charge in [0.15, 0.2) is 0 Å². The second kappa shape index (κ2) is 5.97. The van der Waals surface area contributed by atoms with Gasteiger partial charge in [-0.3, -0.25) is 14.4 Å². The number of hydrogen-bond acceptors (Lipinski definition) is 4. The summed E-state index contributed by atoms with van der Waals surface area (Å²) in [5.74, 6) is -3.21. The lowest BCUT2D eigenvalue weighted by atomic mass is 10.2. The molecule has 0 bridgehead atoms. The summed E-state index contributed by atoms with van der Waals surface area (Å²) in [5, 5.41) is 16.9. The van der Waals surface area contributed by atoms with E-state index in [1.807, 2.05) is 0 Å². The van der Waals surface area contributed by atoms with Crippen molar-refractivity contribution < 1.29 is 24.6 Å². The van der Waals surface area contributed by atoms with E-state index >= 15 is 0 Å². The van der Waals surface area contributed by atoms with Crippen molar-refractivity contribution in [3.05, 3.63) is 0 Å². The van der Waals surface area contributed by atoms with Gasteiger partial charge in [-0.2, -0.15) is 0 Å². The predicted molar refractivity (Wildman–Crippen MR) is 50.1 cm³/mol. The monoisotopic (exact) mass is 218 g/mol. The molecule has 0 aromatic rings. The van der Waals surface area contributed by atoms with Crippen molar-refractivity contribution >= 4 is 17.8 Å². The van der Waals surface area contributed by atoms with Crippen molar-refractivity contribution in [2.45, 2.75) is 19.4 Å². The van der Waals surface area contributed by atoms with Gasteiger partial charge in [-0.15, -0.1) is 0 Å². The highest BCUT2D eigenvalue weighted by molar-refractivity contribution is 5.88. The van der Waals surface area contributed by atoms with E-state index in [-0.39, 0.29) is 0 Å². The van der Waals surface area contributed by atoms with Crippen LogP contribution in [0, 0.1) is 0 Å². The van der Waals surface area contributed by atoms with Gasteiger partial charge < -0.3 is 20.8 Å². The summed E-state index contributed by atoms with van der Waals surface area (Å²) in [7, 11) is 0. The smallest absolute Gasteiger partial charge is 0.323 e. The summed E-state index contributed by atoms with van der Waals surface area (Å²) < 4.78 is 0. The molecule has 0 aliphatic carbocycles. The van der Waals surface area contributed by atoms with Gasteiger partial charge in [0, 0.05) is 0 Å². The molecule has 0 aromatic heterocycles. The van der Waals surface area contributed by atoms with E-state index in [0.717, 1.165) is 0 Å². The second-order valence-electron chi connectivity index (χ2n) is 3.00. The molecule has 0 saturated carbocycles. The van der Waals surface area contributed by atoms with Gasteiger partial charge in [0.2, 0.25) is 5.91 Å². The van der Waals surface area contributed by atoms with Gasteiger partial charge in [-0.25, -0.2) is 0 Å². The number of rotatable bonds is 6. The number of nitrogens with zero attached hydrogens (tertiary/aromatic N) is 1. The molecule has 0 saturated heterocycles. The fraction of sp³-hybridized carbons (Fsp3) is 0.625. The number of carbonyl (C=O) groups excluding carboxylic acids is 1. The molecule has 86 valence electrons. The summed E-state index contributed by atoms with van der Waals surface area (Å²) in [4.78, 5) is 32.9. The van der Waals surface area contributed by atoms with Crippen LogP contribution in [0.5, 0.6) is 0 Å². The first kappa shape index (κ1) is 13.4. The topological polar surface area (TPSA) is 121 Å². The Bertz CT molecular complexity index is 250. The van der Waals surface area contributed by atoms with E-state index in [1.54, 1.807) is 6.92 Å². The van der Waals surface area contributed by atoms with E-state index in [4.69, 9.17) is 15.9 Å². The lowest BCUT2D eigenvalue weighted by Crippen LogP contribution is -2.47. The molecular formula is C8H14N2O5. The fourth-order valence-corrected chi connectivity index (χ4v) is 0.947. The van der Waals surface area contributed by atoms with Crippen LogP contribution in [0.3, 0.4) is 0 Å². The molecule has 7 nitrogen and oxygen atoms in total. The molecule has 0 aromatic carbocycles. The lowest BCUT2D eigenvalue weighted by Gasteiger charge is -2.21. The minimum Gasteiger partial charge on any atom is -0.480 e. The molecule has 0 fully saturated rings. The minimum atomic E-state index is -1.27. The van der Waals surface area contributed by atoms with Gasteiger partial charge in [0.05, 0.1) is 6.04 Å². The molecule has 0 rings (SSSR count). The molecule has 15 heavy (non-hydrogen) atoms. The summed E-state index contributed by atoms with van der Waals surface area (Å²) >= 11 is 0. The highest BCUT2D eigenvalue weighted by Gasteiger charge is 2.23. The Morgan fingerprint density at radius 1 is 1.20 bits per heavy atom. The van der Waals surface area contributed by atoms with Crippen LogP contribution in [-0.4, -0.2) is 52.1 Å². The molecule has 0 unspecified atom stereocenters. The highest BCUT2D eigenvalue weighted by Crippen LogP contribution is 1.97. The quantitative estimate of drug-likeness (QED) is 0.510. The van der Waals surface area contributed by atoms with Crippen LogP contribution in [-0.2, 0) is 14.4 Å². The molecule has 0 aliphatic rings. The maximum atomic E-state index is 11.4. The number of aliphatic carboxylic acids is 2. The Kier molecular flexibility index (Phi) is 5.32. The minimum absolute atomic E-state index is 0.328. The summed E-state index contributed by atoms with van der Waals surface area (Å²) in [5.41, 5.74) is 5.39. The third-order valence-corrected chi connectivity index (χ3v) is 1.72. The first-order chi connectivity index (χ1) is 6.88. The Morgan fingerprint density at radius 3 is 1.87 bits per heavy atom. The van der Waals surface area contributed by atoms with Crippen LogP contribution < -0.4 is 5.73 Å². The zero-order valence-corrected chi connectivity index (χ0v) is 8.34. The van der Waals surface area contributed by atoms with E-state index in [9.17, 15) is 14.4 Å². The Balaban J connectivity index is 4.53. The summed E-state index contributed by atoms with van der Waals surface area (Å²) in [6.07, 6.45) is 0.328. The zero-order chi connectivity index (χ0) is 12.0. The number of carboxylic acids is 2. The SMILES string of the molecule is CC[C@H](N)C(=O)N(CC(=O)O)CC(=O)O. The normalized spacial score (nSPS) is 11.9. The molecule has 0 radical (unpaired) electrons. The first-order valence-electron chi connectivity index (χ1n) is 4.36. The molecule has 1 atom stereocenters. The molecule has 1 amide bonds. The van der Waals surface area contributed by atoms with Gasteiger partial charge >= 0.3 is 11.9 Å². The van der Waals surface area contributed by atoms with Crippen LogP contribution in [0.25, 0.3) is 0 Å². The van der Waals surface area contributed by atoms with Crippen molar-refractivity contribution in [1.29, 1.82) is 0 Å². The number of hydrogen-bond donors (Lipinski definition) is 3. The van der Waals surface area contributed by atoms with Crippen LogP contribution >= 0.6 is 0 Å².